The SMILES string of the molecule is Fc1ccc2c(c1)CCc1ccccc1C2CNCC(F)(F)F. The third-order valence-corrected chi connectivity index (χ3v) is 4.25. The van der Waals surface area contributed by atoms with Crippen molar-refractivity contribution in [3.63, 3.8) is 0 Å². The third-order valence-electron chi connectivity index (χ3n) is 4.25. The molecule has 1 nitrogen and oxygen atoms in total. The Hall–Kier alpha value is -1.88. The van der Waals surface area contributed by atoms with Gasteiger partial charge in [0.05, 0.1) is 6.54 Å². The minimum atomic E-state index is -4.24. The smallest absolute Gasteiger partial charge is 0.308 e. The van der Waals surface area contributed by atoms with Gasteiger partial charge < -0.3 is 5.32 Å². The standard InChI is InChI=1S/C18H17F4N/c19-14-7-8-16-13(9-14)6-5-12-3-1-2-4-15(12)17(16)10-23-11-18(20,21)22/h1-4,7-9,17,23H,5-6,10-11H2. The molecule has 0 saturated heterocycles. The summed E-state index contributed by atoms with van der Waals surface area (Å²) < 4.78 is 50.8. The topological polar surface area (TPSA) is 12.0 Å². The van der Waals surface area contributed by atoms with E-state index < -0.39 is 12.7 Å². The van der Waals surface area contributed by atoms with Gasteiger partial charge in [-0.05, 0) is 47.2 Å². The largest absolute Gasteiger partial charge is 0.401 e. The summed E-state index contributed by atoms with van der Waals surface area (Å²) in [5.41, 5.74) is 3.92. The molecule has 1 aliphatic carbocycles. The second-order valence-corrected chi connectivity index (χ2v) is 5.84. The van der Waals surface area contributed by atoms with Crippen LogP contribution in [-0.2, 0) is 12.8 Å². The zero-order valence-corrected chi connectivity index (χ0v) is 12.5. The normalized spacial score (nSPS) is 17.3. The molecular weight excluding hydrogens is 306 g/mol. The van der Waals surface area contributed by atoms with Crippen molar-refractivity contribution in [1.82, 2.24) is 5.32 Å². The van der Waals surface area contributed by atoms with Gasteiger partial charge in [-0.3, -0.25) is 0 Å². The minimum Gasteiger partial charge on any atom is -0.308 e. The lowest BCUT2D eigenvalue weighted by atomic mass is 9.88. The molecule has 1 N–H and O–H groups in total. The summed E-state index contributed by atoms with van der Waals surface area (Å²) in [5.74, 6) is -0.511. The van der Waals surface area contributed by atoms with Gasteiger partial charge in [-0.1, -0.05) is 30.3 Å². The highest BCUT2D eigenvalue weighted by Crippen LogP contribution is 2.34. The Labute approximate surface area is 132 Å². The van der Waals surface area contributed by atoms with Crippen LogP contribution in [0.2, 0.25) is 0 Å². The van der Waals surface area contributed by atoms with Gasteiger partial charge in [-0.25, -0.2) is 4.39 Å². The van der Waals surface area contributed by atoms with E-state index in [9.17, 15) is 17.6 Å². The third kappa shape index (κ3) is 3.72. The molecule has 0 heterocycles. The fraction of sp³-hybridized carbons (Fsp3) is 0.333. The average molecular weight is 323 g/mol. The number of alkyl halides is 3. The van der Waals surface area contributed by atoms with E-state index in [1.807, 2.05) is 24.3 Å². The fourth-order valence-corrected chi connectivity index (χ4v) is 3.25. The Bertz CT molecular complexity index is 694. The molecule has 0 saturated carbocycles. The van der Waals surface area contributed by atoms with Gasteiger partial charge in [0, 0.05) is 12.5 Å². The Balaban J connectivity index is 1.95. The molecule has 2 aromatic rings. The lowest BCUT2D eigenvalue weighted by molar-refractivity contribution is -0.124. The first-order valence-corrected chi connectivity index (χ1v) is 7.57. The van der Waals surface area contributed by atoms with E-state index in [-0.39, 0.29) is 18.3 Å². The van der Waals surface area contributed by atoms with Crippen LogP contribution >= 0.6 is 0 Å². The van der Waals surface area contributed by atoms with Crippen molar-refractivity contribution in [2.24, 2.45) is 0 Å². The molecule has 0 radical (unpaired) electrons. The van der Waals surface area contributed by atoms with Gasteiger partial charge in [0.1, 0.15) is 5.82 Å². The number of rotatable bonds is 3. The number of benzene rings is 2. The number of fused-ring (bicyclic) bond motifs is 2. The number of hydrogen-bond acceptors (Lipinski definition) is 1. The van der Waals surface area contributed by atoms with Gasteiger partial charge >= 0.3 is 6.18 Å². The van der Waals surface area contributed by atoms with E-state index in [1.165, 1.54) is 12.1 Å². The van der Waals surface area contributed by atoms with Crippen LogP contribution in [0.3, 0.4) is 0 Å². The molecule has 1 unspecified atom stereocenters. The van der Waals surface area contributed by atoms with Crippen molar-refractivity contribution in [3.8, 4) is 0 Å². The summed E-state index contributed by atoms with van der Waals surface area (Å²) in [6.07, 6.45) is -2.78. The maximum Gasteiger partial charge on any atom is 0.401 e. The molecule has 0 fully saturated rings. The molecule has 3 rings (SSSR count). The van der Waals surface area contributed by atoms with Crippen LogP contribution in [0.25, 0.3) is 0 Å². The Morgan fingerprint density at radius 2 is 1.65 bits per heavy atom. The Morgan fingerprint density at radius 1 is 0.957 bits per heavy atom. The molecule has 1 atom stereocenters. The first-order valence-electron chi connectivity index (χ1n) is 7.57. The summed E-state index contributed by atoms with van der Waals surface area (Å²) >= 11 is 0. The lowest BCUT2D eigenvalue weighted by Crippen LogP contribution is -2.32. The van der Waals surface area contributed by atoms with Crippen molar-refractivity contribution in [3.05, 3.63) is 70.5 Å². The highest BCUT2D eigenvalue weighted by Gasteiger charge is 2.28. The molecule has 23 heavy (non-hydrogen) atoms. The maximum atomic E-state index is 13.5. The second-order valence-electron chi connectivity index (χ2n) is 5.84. The van der Waals surface area contributed by atoms with E-state index in [1.54, 1.807) is 6.07 Å². The lowest BCUT2D eigenvalue weighted by Gasteiger charge is -2.21. The van der Waals surface area contributed by atoms with E-state index in [0.29, 0.717) is 6.42 Å². The average Bonchev–Trinajstić information content (AvgIpc) is 2.64. The fourth-order valence-electron chi connectivity index (χ4n) is 3.25. The van der Waals surface area contributed by atoms with Crippen molar-refractivity contribution in [2.75, 3.05) is 13.1 Å². The summed E-state index contributed by atoms with van der Waals surface area (Å²) in [5, 5.41) is 2.50. The first-order chi connectivity index (χ1) is 10.9. The summed E-state index contributed by atoms with van der Waals surface area (Å²) in [4.78, 5) is 0. The Morgan fingerprint density at radius 3 is 2.43 bits per heavy atom. The molecule has 1 aliphatic rings. The summed E-state index contributed by atoms with van der Waals surface area (Å²) in [7, 11) is 0. The molecule has 0 bridgehead atoms. The van der Waals surface area contributed by atoms with Crippen LogP contribution in [0, 0.1) is 5.82 Å². The molecule has 0 aromatic heterocycles. The summed E-state index contributed by atoms with van der Waals surface area (Å²) in [6.45, 7) is -0.850. The van der Waals surface area contributed by atoms with Crippen molar-refractivity contribution in [1.29, 1.82) is 0 Å². The van der Waals surface area contributed by atoms with Crippen LogP contribution in [-0.4, -0.2) is 19.3 Å². The zero-order valence-electron chi connectivity index (χ0n) is 12.5. The van der Waals surface area contributed by atoms with E-state index in [2.05, 4.69) is 5.32 Å². The zero-order chi connectivity index (χ0) is 16.4. The number of aryl methyl sites for hydroxylation is 2. The van der Waals surface area contributed by atoms with Crippen LogP contribution in [0.15, 0.2) is 42.5 Å². The number of nitrogens with one attached hydrogen (secondary N) is 1. The highest BCUT2D eigenvalue weighted by atomic mass is 19.4. The van der Waals surface area contributed by atoms with E-state index in [0.717, 1.165) is 28.7 Å². The Kier molecular flexibility index (Phi) is 4.39. The predicted octanol–water partition coefficient (Wildman–Crippen LogP) is 4.21. The van der Waals surface area contributed by atoms with Gasteiger partial charge in [0.2, 0.25) is 0 Å². The highest BCUT2D eigenvalue weighted by molar-refractivity contribution is 5.45. The predicted molar refractivity (Wildman–Crippen MR) is 81.0 cm³/mol. The quantitative estimate of drug-likeness (QED) is 0.835. The van der Waals surface area contributed by atoms with Crippen molar-refractivity contribution >= 4 is 0 Å². The molecule has 0 amide bonds. The molecule has 122 valence electrons. The van der Waals surface area contributed by atoms with Crippen molar-refractivity contribution in [2.45, 2.75) is 24.9 Å². The van der Waals surface area contributed by atoms with Crippen molar-refractivity contribution < 1.29 is 17.6 Å². The first kappa shape index (κ1) is 16.0. The van der Waals surface area contributed by atoms with E-state index >= 15 is 0 Å². The molecule has 0 aliphatic heterocycles. The number of halogens is 4. The van der Waals surface area contributed by atoms with Gasteiger partial charge in [-0.15, -0.1) is 0 Å². The molecular formula is C18H17F4N. The number of hydrogen-bond donors (Lipinski definition) is 1. The monoisotopic (exact) mass is 323 g/mol. The van der Waals surface area contributed by atoms with Crippen LogP contribution in [0.5, 0.6) is 0 Å². The van der Waals surface area contributed by atoms with Gasteiger partial charge in [-0.2, -0.15) is 13.2 Å². The van der Waals surface area contributed by atoms with Crippen LogP contribution in [0.1, 0.15) is 28.2 Å². The summed E-state index contributed by atoms with van der Waals surface area (Å²) in [6, 6.07) is 12.3. The second kappa shape index (κ2) is 6.32. The minimum absolute atomic E-state index is 0.176. The van der Waals surface area contributed by atoms with Gasteiger partial charge in [0.25, 0.3) is 0 Å². The maximum absolute atomic E-state index is 13.5. The molecule has 0 spiro atoms. The van der Waals surface area contributed by atoms with Crippen LogP contribution in [0.4, 0.5) is 17.6 Å². The van der Waals surface area contributed by atoms with Crippen LogP contribution < -0.4 is 5.32 Å². The van der Waals surface area contributed by atoms with Gasteiger partial charge in [0.15, 0.2) is 0 Å². The van der Waals surface area contributed by atoms with E-state index in [4.69, 9.17) is 0 Å². The molecule has 5 heteroatoms. The molecule has 2 aromatic carbocycles.